The van der Waals surface area contributed by atoms with E-state index in [1.54, 1.807) is 18.2 Å². The normalized spacial score (nSPS) is 17.4. The molecule has 2 heterocycles. The van der Waals surface area contributed by atoms with Crippen molar-refractivity contribution in [2.45, 2.75) is 49.8 Å². The number of carbonyl (C=O) groups is 1. The molecule has 1 amide bonds. The third-order valence-electron chi connectivity index (χ3n) is 6.57. The maximum atomic E-state index is 12.9. The summed E-state index contributed by atoms with van der Waals surface area (Å²) in [6.45, 7) is 1.00. The molecular formula is C25H34N4O3S. The van der Waals surface area contributed by atoms with Gasteiger partial charge in [-0.25, -0.2) is 12.7 Å². The van der Waals surface area contributed by atoms with Gasteiger partial charge in [-0.1, -0.05) is 6.42 Å². The molecule has 7 nitrogen and oxygen atoms in total. The van der Waals surface area contributed by atoms with Crippen LogP contribution in [0.1, 0.15) is 53.8 Å². The van der Waals surface area contributed by atoms with Gasteiger partial charge in [0.05, 0.1) is 10.5 Å². The van der Waals surface area contributed by atoms with Crippen LogP contribution >= 0.6 is 0 Å². The Morgan fingerprint density at radius 1 is 1.06 bits per heavy atom. The molecule has 2 aliphatic rings. The molecule has 1 aliphatic carbocycles. The van der Waals surface area contributed by atoms with Gasteiger partial charge in [-0.3, -0.25) is 4.79 Å². The number of hydrogen-bond acceptors (Lipinski definition) is 4. The van der Waals surface area contributed by atoms with Gasteiger partial charge in [-0.05, 0) is 94.6 Å². The summed E-state index contributed by atoms with van der Waals surface area (Å²) in [4.78, 5) is 18.9. The first-order chi connectivity index (χ1) is 15.7. The number of benzene rings is 1. The maximum absolute atomic E-state index is 12.9. The molecule has 1 aromatic carbocycles. The second-order valence-electron chi connectivity index (χ2n) is 9.45. The molecule has 8 heteroatoms. The second-order valence-corrected chi connectivity index (χ2v) is 11.6. The van der Waals surface area contributed by atoms with Gasteiger partial charge in [0.25, 0.3) is 5.91 Å². The Labute approximate surface area is 196 Å². The number of sulfonamides is 1. The summed E-state index contributed by atoms with van der Waals surface area (Å²) < 4.78 is 26.5. The van der Waals surface area contributed by atoms with Gasteiger partial charge in [0.2, 0.25) is 10.0 Å². The van der Waals surface area contributed by atoms with Crippen LogP contribution in [-0.2, 0) is 34.1 Å². The van der Waals surface area contributed by atoms with E-state index >= 15 is 0 Å². The number of aryl methyl sites for hydroxylation is 1. The van der Waals surface area contributed by atoms with Crippen LogP contribution in [0.15, 0.2) is 23.1 Å². The van der Waals surface area contributed by atoms with Crippen LogP contribution in [0, 0.1) is 0 Å². The largest absolute Gasteiger partial charge is 0.358 e. The molecule has 0 unspecified atom stereocenters. The number of fused-ring (bicyclic) bond motifs is 2. The van der Waals surface area contributed by atoms with Gasteiger partial charge in [-0.15, -0.1) is 0 Å². The van der Waals surface area contributed by atoms with Crippen LogP contribution in [0.5, 0.6) is 0 Å². The van der Waals surface area contributed by atoms with Crippen LogP contribution in [0.2, 0.25) is 0 Å². The SMILES string of the molecule is CN(C)CCCc1c(/C=C2\C(=O)Nc3ccc(S(=O)(=O)N(C)C)cc32)[nH]c2c1CCCCC2. The number of H-pyrrole nitrogens is 1. The molecular weight excluding hydrogens is 436 g/mol. The van der Waals surface area contributed by atoms with E-state index in [4.69, 9.17) is 0 Å². The lowest BCUT2D eigenvalue weighted by Crippen LogP contribution is -2.22. The van der Waals surface area contributed by atoms with E-state index in [1.165, 1.54) is 54.5 Å². The molecule has 2 N–H and O–H groups in total. The fraction of sp³-hybridized carbons (Fsp3) is 0.480. The Morgan fingerprint density at radius 2 is 1.82 bits per heavy atom. The Kier molecular flexibility index (Phi) is 6.79. The number of amides is 1. The predicted octanol–water partition coefficient (Wildman–Crippen LogP) is 3.52. The first-order valence-electron chi connectivity index (χ1n) is 11.7. The van der Waals surface area contributed by atoms with Crippen LogP contribution in [0.25, 0.3) is 11.6 Å². The Hall–Kier alpha value is -2.42. The molecule has 1 aromatic heterocycles. The van der Waals surface area contributed by atoms with Crippen LogP contribution in [-0.4, -0.2) is 63.2 Å². The lowest BCUT2D eigenvalue weighted by Gasteiger charge is -2.12. The molecule has 0 saturated carbocycles. The maximum Gasteiger partial charge on any atom is 0.256 e. The summed E-state index contributed by atoms with van der Waals surface area (Å²) in [5, 5.41) is 2.89. The fourth-order valence-corrected chi connectivity index (χ4v) is 5.69. The highest BCUT2D eigenvalue weighted by Gasteiger charge is 2.28. The lowest BCUT2D eigenvalue weighted by atomic mass is 9.98. The van der Waals surface area contributed by atoms with Crippen molar-refractivity contribution in [2.24, 2.45) is 0 Å². The van der Waals surface area contributed by atoms with E-state index in [-0.39, 0.29) is 10.8 Å². The molecule has 0 fully saturated rings. The van der Waals surface area contributed by atoms with E-state index in [2.05, 4.69) is 29.3 Å². The van der Waals surface area contributed by atoms with Crippen molar-refractivity contribution >= 4 is 33.3 Å². The van der Waals surface area contributed by atoms with Crippen molar-refractivity contribution in [3.63, 3.8) is 0 Å². The van der Waals surface area contributed by atoms with E-state index in [0.29, 0.717) is 16.8 Å². The van der Waals surface area contributed by atoms with Gasteiger partial charge in [0.1, 0.15) is 0 Å². The monoisotopic (exact) mass is 470 g/mol. The Balaban J connectivity index is 1.77. The van der Waals surface area contributed by atoms with Gasteiger partial charge in [0.15, 0.2) is 0 Å². The summed E-state index contributed by atoms with van der Waals surface area (Å²) in [7, 11) is 3.59. The van der Waals surface area contributed by atoms with Gasteiger partial charge in [0, 0.05) is 36.7 Å². The molecule has 33 heavy (non-hydrogen) atoms. The summed E-state index contributed by atoms with van der Waals surface area (Å²) in [6.07, 6.45) is 9.63. The summed E-state index contributed by atoms with van der Waals surface area (Å²) in [5.41, 5.74) is 6.78. The molecule has 0 radical (unpaired) electrons. The van der Waals surface area contributed by atoms with Crippen LogP contribution in [0.3, 0.4) is 0 Å². The first kappa shape index (κ1) is 23.7. The minimum atomic E-state index is -3.59. The third-order valence-corrected chi connectivity index (χ3v) is 8.38. The molecule has 0 atom stereocenters. The van der Waals surface area contributed by atoms with E-state index in [1.807, 2.05) is 6.08 Å². The Morgan fingerprint density at radius 3 is 2.55 bits per heavy atom. The fourth-order valence-electron chi connectivity index (χ4n) is 4.76. The summed E-state index contributed by atoms with van der Waals surface area (Å²) in [6, 6.07) is 4.82. The molecule has 1 aliphatic heterocycles. The zero-order valence-electron chi connectivity index (χ0n) is 20.0. The molecule has 178 valence electrons. The standard InChI is InChI=1S/C25H34N4O3S/c1-28(2)14-8-10-19-18-9-6-5-7-11-22(18)26-24(19)16-21-20-15-17(33(31,32)29(3)4)12-13-23(20)27-25(21)30/h12-13,15-16,26H,5-11,14H2,1-4H3,(H,27,30)/b21-16-. The zero-order chi connectivity index (χ0) is 23.8. The smallest absolute Gasteiger partial charge is 0.256 e. The van der Waals surface area contributed by atoms with Crippen molar-refractivity contribution < 1.29 is 13.2 Å². The average molecular weight is 471 g/mol. The first-order valence-corrected chi connectivity index (χ1v) is 13.1. The number of anilines is 1. The Bertz CT molecular complexity index is 1190. The van der Waals surface area contributed by atoms with Gasteiger partial charge >= 0.3 is 0 Å². The molecule has 0 spiro atoms. The van der Waals surface area contributed by atoms with Crippen molar-refractivity contribution in [1.82, 2.24) is 14.2 Å². The number of hydrogen-bond donors (Lipinski definition) is 2. The van der Waals surface area contributed by atoms with Crippen LogP contribution in [0.4, 0.5) is 5.69 Å². The summed E-state index contributed by atoms with van der Waals surface area (Å²) in [5.74, 6) is -0.201. The van der Waals surface area contributed by atoms with Crippen molar-refractivity contribution in [2.75, 3.05) is 40.1 Å². The highest BCUT2D eigenvalue weighted by Crippen LogP contribution is 2.37. The lowest BCUT2D eigenvalue weighted by molar-refractivity contribution is -0.110. The predicted molar refractivity (Wildman–Crippen MR) is 133 cm³/mol. The zero-order valence-corrected chi connectivity index (χ0v) is 20.8. The van der Waals surface area contributed by atoms with E-state index < -0.39 is 10.0 Å². The number of carbonyl (C=O) groups excluding carboxylic acids is 1. The number of rotatable bonds is 7. The molecule has 2 aromatic rings. The topological polar surface area (TPSA) is 85.5 Å². The van der Waals surface area contributed by atoms with Gasteiger partial charge < -0.3 is 15.2 Å². The third kappa shape index (κ3) is 4.78. The van der Waals surface area contributed by atoms with Gasteiger partial charge in [-0.2, -0.15) is 0 Å². The second kappa shape index (κ2) is 9.44. The van der Waals surface area contributed by atoms with Crippen molar-refractivity contribution in [3.05, 3.63) is 46.3 Å². The number of nitrogens with zero attached hydrogens (tertiary/aromatic N) is 2. The quantitative estimate of drug-likeness (QED) is 0.479. The van der Waals surface area contributed by atoms with E-state index in [9.17, 15) is 13.2 Å². The molecule has 0 saturated heterocycles. The average Bonchev–Trinajstić information content (AvgIpc) is 3.13. The minimum absolute atomic E-state index is 0.183. The molecule has 0 bridgehead atoms. The summed E-state index contributed by atoms with van der Waals surface area (Å²) >= 11 is 0. The highest BCUT2D eigenvalue weighted by atomic mass is 32.2. The van der Waals surface area contributed by atoms with Crippen molar-refractivity contribution in [1.29, 1.82) is 0 Å². The van der Waals surface area contributed by atoms with Crippen LogP contribution < -0.4 is 5.32 Å². The molecule has 4 rings (SSSR count). The minimum Gasteiger partial charge on any atom is -0.358 e. The highest BCUT2D eigenvalue weighted by molar-refractivity contribution is 7.89. The van der Waals surface area contributed by atoms with E-state index in [0.717, 1.165) is 37.9 Å². The number of nitrogens with one attached hydrogen (secondary N) is 2. The number of aromatic nitrogens is 1. The van der Waals surface area contributed by atoms with Crippen molar-refractivity contribution in [3.8, 4) is 0 Å². The number of aromatic amines is 1.